The molecule has 2 aromatic rings. The number of hydrogen-bond acceptors (Lipinski definition) is 5. The number of nitrogens with one attached hydrogen (secondary N) is 2. The molecule has 0 radical (unpaired) electrons. The van der Waals surface area contributed by atoms with Crippen molar-refractivity contribution in [1.82, 2.24) is 15.5 Å². The number of aromatic hydroxyl groups is 1. The predicted octanol–water partition coefficient (Wildman–Crippen LogP) is 5.32. The predicted molar refractivity (Wildman–Crippen MR) is 148 cm³/mol. The lowest BCUT2D eigenvalue weighted by atomic mass is 9.94. The number of nitrogens with zero attached hydrogens (tertiary/aromatic N) is 1. The van der Waals surface area contributed by atoms with E-state index in [4.69, 9.17) is 4.74 Å². The van der Waals surface area contributed by atoms with Crippen LogP contribution >= 0.6 is 0 Å². The summed E-state index contributed by atoms with van der Waals surface area (Å²) in [6.07, 6.45) is 0.534. The molecular weight excluding hydrogens is 482 g/mol. The molecule has 0 heterocycles. The maximum atomic E-state index is 14.2. The van der Waals surface area contributed by atoms with Crippen LogP contribution in [0.4, 0.5) is 4.79 Å². The van der Waals surface area contributed by atoms with Gasteiger partial charge in [-0.05, 0) is 63.3 Å². The Labute approximate surface area is 226 Å². The maximum Gasteiger partial charge on any atom is 0.408 e. The van der Waals surface area contributed by atoms with Gasteiger partial charge in [-0.2, -0.15) is 0 Å². The zero-order valence-corrected chi connectivity index (χ0v) is 23.7. The van der Waals surface area contributed by atoms with Crippen molar-refractivity contribution in [2.24, 2.45) is 5.92 Å². The van der Waals surface area contributed by atoms with Crippen molar-refractivity contribution in [3.63, 3.8) is 0 Å². The largest absolute Gasteiger partial charge is 0.508 e. The van der Waals surface area contributed by atoms with Gasteiger partial charge >= 0.3 is 6.09 Å². The fourth-order valence-corrected chi connectivity index (χ4v) is 4.05. The molecular formula is C30H43N3O5. The number of benzene rings is 2. The molecule has 0 aliphatic carbocycles. The number of phenols is 1. The quantitative estimate of drug-likeness (QED) is 0.368. The Morgan fingerprint density at radius 2 is 1.55 bits per heavy atom. The van der Waals surface area contributed by atoms with Gasteiger partial charge in [-0.25, -0.2) is 4.79 Å². The van der Waals surface area contributed by atoms with Gasteiger partial charge in [-0.3, -0.25) is 9.59 Å². The standard InChI is InChI=1S/C30H43N3O5/c1-8-20(3)25(32-29(37)38-30(5,6)7)28(36)33(21(4)9-2)26(23-15-17-24(34)18-16-23)27(35)31-19-22-13-11-10-12-14-22/h10-18,20-21,25-26,34H,8-9,19H2,1-7H3,(H,31,35)(H,32,37). The fraction of sp³-hybridized carbons (Fsp3) is 0.500. The molecule has 8 nitrogen and oxygen atoms in total. The molecule has 0 aliphatic rings. The third-order valence-corrected chi connectivity index (χ3v) is 6.52. The first kappa shape index (κ1) is 30.7. The first-order valence-electron chi connectivity index (χ1n) is 13.3. The Balaban J connectivity index is 2.50. The number of carbonyl (C=O) groups excluding carboxylic acids is 3. The molecule has 208 valence electrons. The molecule has 0 bridgehead atoms. The minimum absolute atomic E-state index is 0.0580. The van der Waals surface area contributed by atoms with E-state index in [1.807, 2.05) is 58.0 Å². The van der Waals surface area contributed by atoms with Crippen molar-refractivity contribution in [1.29, 1.82) is 0 Å². The van der Waals surface area contributed by atoms with Gasteiger partial charge in [0.2, 0.25) is 11.8 Å². The van der Waals surface area contributed by atoms with E-state index < -0.39 is 23.8 Å². The van der Waals surface area contributed by atoms with Gasteiger partial charge in [0.05, 0.1) is 0 Å². The molecule has 0 aromatic heterocycles. The zero-order chi connectivity index (χ0) is 28.5. The SMILES string of the molecule is CCC(C)C(NC(=O)OC(C)(C)C)C(=O)N(C(C)CC)C(C(=O)NCc1ccccc1)c1ccc(O)cc1. The Morgan fingerprint density at radius 3 is 2.08 bits per heavy atom. The molecule has 4 unspecified atom stereocenters. The van der Waals surface area contributed by atoms with E-state index in [9.17, 15) is 19.5 Å². The number of alkyl carbamates (subject to hydrolysis) is 1. The zero-order valence-electron chi connectivity index (χ0n) is 23.7. The second-order valence-electron chi connectivity index (χ2n) is 10.7. The topological polar surface area (TPSA) is 108 Å². The van der Waals surface area contributed by atoms with Crippen molar-refractivity contribution < 1.29 is 24.2 Å². The Bertz CT molecular complexity index is 1050. The van der Waals surface area contributed by atoms with Crippen molar-refractivity contribution in [2.75, 3.05) is 0 Å². The number of ether oxygens (including phenoxy) is 1. The lowest BCUT2D eigenvalue weighted by molar-refractivity contribution is -0.146. The molecule has 0 saturated carbocycles. The number of rotatable bonds is 11. The molecule has 4 atom stereocenters. The smallest absolute Gasteiger partial charge is 0.408 e. The van der Waals surface area contributed by atoms with Gasteiger partial charge in [-0.15, -0.1) is 0 Å². The molecule has 0 saturated heterocycles. The molecule has 38 heavy (non-hydrogen) atoms. The summed E-state index contributed by atoms with van der Waals surface area (Å²) in [6, 6.07) is 13.6. The first-order chi connectivity index (χ1) is 17.9. The maximum absolute atomic E-state index is 14.2. The van der Waals surface area contributed by atoms with Crippen LogP contribution in [0.2, 0.25) is 0 Å². The third-order valence-electron chi connectivity index (χ3n) is 6.52. The van der Waals surface area contributed by atoms with Crippen LogP contribution in [0.3, 0.4) is 0 Å². The van der Waals surface area contributed by atoms with Crippen LogP contribution in [-0.2, 0) is 20.9 Å². The normalized spacial score (nSPS) is 14.5. The summed E-state index contributed by atoms with van der Waals surface area (Å²) >= 11 is 0. The average molecular weight is 526 g/mol. The van der Waals surface area contributed by atoms with E-state index >= 15 is 0 Å². The minimum Gasteiger partial charge on any atom is -0.508 e. The van der Waals surface area contributed by atoms with Crippen LogP contribution in [0.5, 0.6) is 5.75 Å². The summed E-state index contributed by atoms with van der Waals surface area (Å²) < 4.78 is 5.45. The van der Waals surface area contributed by atoms with Crippen LogP contribution in [0.25, 0.3) is 0 Å². The highest BCUT2D eigenvalue weighted by atomic mass is 16.6. The van der Waals surface area contributed by atoms with Gasteiger partial charge in [0.1, 0.15) is 23.4 Å². The Kier molecular flexibility index (Phi) is 11.2. The lowest BCUT2D eigenvalue weighted by Gasteiger charge is -2.39. The molecule has 3 N–H and O–H groups in total. The second-order valence-corrected chi connectivity index (χ2v) is 10.7. The average Bonchev–Trinajstić information content (AvgIpc) is 2.88. The lowest BCUT2D eigenvalue weighted by Crippen LogP contribution is -2.57. The number of amides is 3. The Morgan fingerprint density at radius 1 is 0.947 bits per heavy atom. The summed E-state index contributed by atoms with van der Waals surface area (Å²) in [5.74, 6) is -0.877. The molecule has 0 aliphatic heterocycles. The molecule has 0 fully saturated rings. The van der Waals surface area contributed by atoms with Gasteiger partial charge in [-0.1, -0.05) is 69.7 Å². The number of carbonyl (C=O) groups is 3. The summed E-state index contributed by atoms with van der Waals surface area (Å²) in [5.41, 5.74) is 0.757. The van der Waals surface area contributed by atoms with Crippen LogP contribution in [0.1, 0.15) is 78.5 Å². The van der Waals surface area contributed by atoms with Gasteiger partial charge in [0.15, 0.2) is 0 Å². The highest BCUT2D eigenvalue weighted by molar-refractivity contribution is 5.92. The third kappa shape index (κ3) is 8.78. The van der Waals surface area contributed by atoms with Gasteiger partial charge in [0, 0.05) is 12.6 Å². The number of phenolic OH excluding ortho intramolecular Hbond substituents is 1. The molecule has 0 spiro atoms. The summed E-state index contributed by atoms with van der Waals surface area (Å²) in [4.78, 5) is 42.3. The van der Waals surface area contributed by atoms with Crippen molar-refractivity contribution >= 4 is 17.9 Å². The van der Waals surface area contributed by atoms with Crippen LogP contribution in [-0.4, -0.2) is 45.6 Å². The van der Waals surface area contributed by atoms with E-state index in [1.54, 1.807) is 37.8 Å². The van der Waals surface area contributed by atoms with Gasteiger partial charge in [0.25, 0.3) is 0 Å². The van der Waals surface area contributed by atoms with Crippen LogP contribution in [0.15, 0.2) is 54.6 Å². The van der Waals surface area contributed by atoms with E-state index in [2.05, 4.69) is 10.6 Å². The van der Waals surface area contributed by atoms with Crippen LogP contribution in [0, 0.1) is 5.92 Å². The fourth-order valence-electron chi connectivity index (χ4n) is 4.05. The van der Waals surface area contributed by atoms with Crippen molar-refractivity contribution in [3.05, 3.63) is 65.7 Å². The van der Waals surface area contributed by atoms with E-state index in [0.29, 0.717) is 24.9 Å². The van der Waals surface area contributed by atoms with Crippen molar-refractivity contribution in [2.45, 2.75) is 91.6 Å². The van der Waals surface area contributed by atoms with Gasteiger partial charge < -0.3 is 25.4 Å². The first-order valence-corrected chi connectivity index (χ1v) is 13.3. The second kappa shape index (κ2) is 13.8. The minimum atomic E-state index is -0.978. The van der Waals surface area contributed by atoms with E-state index in [0.717, 1.165) is 5.56 Å². The molecule has 8 heteroatoms. The monoisotopic (exact) mass is 525 g/mol. The van der Waals surface area contributed by atoms with Crippen molar-refractivity contribution in [3.8, 4) is 5.75 Å². The van der Waals surface area contributed by atoms with Crippen LogP contribution < -0.4 is 10.6 Å². The van der Waals surface area contributed by atoms with E-state index in [1.165, 1.54) is 12.1 Å². The summed E-state index contributed by atoms with van der Waals surface area (Å²) in [7, 11) is 0. The number of hydrogen-bond donors (Lipinski definition) is 3. The summed E-state index contributed by atoms with van der Waals surface area (Å²) in [6.45, 7) is 13.2. The molecule has 3 amide bonds. The highest BCUT2D eigenvalue weighted by Crippen LogP contribution is 2.29. The Hall–Kier alpha value is -3.55. The molecule has 2 rings (SSSR count). The molecule has 2 aromatic carbocycles. The van der Waals surface area contributed by atoms with E-state index in [-0.39, 0.29) is 29.5 Å². The highest BCUT2D eigenvalue weighted by Gasteiger charge is 2.40. The summed E-state index contributed by atoms with van der Waals surface area (Å²) in [5, 5.41) is 15.6.